The second kappa shape index (κ2) is 6.90. The minimum Gasteiger partial charge on any atom is -0.343 e. The van der Waals surface area contributed by atoms with Crippen molar-refractivity contribution in [2.75, 3.05) is 32.7 Å². The van der Waals surface area contributed by atoms with Gasteiger partial charge in [-0.25, -0.2) is 0 Å². The minimum absolute atomic E-state index is 0.239. The van der Waals surface area contributed by atoms with Gasteiger partial charge in [0.15, 0.2) is 0 Å². The second-order valence-corrected chi connectivity index (χ2v) is 6.61. The number of nitrogens with two attached hydrogens (primary N) is 1. The minimum atomic E-state index is 0.239. The van der Waals surface area contributed by atoms with Gasteiger partial charge in [-0.1, -0.05) is 13.8 Å². The highest BCUT2D eigenvalue weighted by Gasteiger charge is 2.38. The van der Waals surface area contributed by atoms with Crippen molar-refractivity contribution in [3.05, 3.63) is 0 Å². The number of carbonyl (C=O) groups is 1. The molecule has 1 atom stereocenters. The van der Waals surface area contributed by atoms with Crippen LogP contribution in [0.4, 0.5) is 0 Å². The van der Waals surface area contributed by atoms with Crippen LogP contribution in [0.2, 0.25) is 0 Å². The van der Waals surface area contributed by atoms with Crippen molar-refractivity contribution in [3.8, 4) is 0 Å². The van der Waals surface area contributed by atoms with Crippen LogP contribution in [0, 0.1) is 5.41 Å². The molecule has 2 rings (SSSR count). The zero-order valence-corrected chi connectivity index (χ0v) is 13.2. The molecule has 2 fully saturated rings. The number of hydrogen-bond donors (Lipinski definition) is 1. The molecule has 2 N–H and O–H groups in total. The van der Waals surface area contributed by atoms with E-state index in [9.17, 15) is 4.79 Å². The first kappa shape index (κ1) is 15.8. The predicted molar refractivity (Wildman–Crippen MR) is 82.5 cm³/mol. The number of nitrogens with zero attached hydrogens (tertiary/aromatic N) is 2. The van der Waals surface area contributed by atoms with E-state index in [2.05, 4.69) is 18.7 Å². The fourth-order valence-electron chi connectivity index (χ4n) is 3.77. The average Bonchev–Trinajstić information content (AvgIpc) is 3.14. The molecular formula is C16H31N3O. The van der Waals surface area contributed by atoms with Crippen LogP contribution < -0.4 is 5.73 Å². The zero-order chi connectivity index (χ0) is 14.6. The standard InChI is InChI=1S/C16H31N3O/c1-3-16(4-2)7-10-19(13-16)14(12-17)11-15(20)18-8-5-6-9-18/h14H,3-13,17H2,1-2H3. The van der Waals surface area contributed by atoms with E-state index in [1.807, 2.05) is 4.90 Å². The van der Waals surface area contributed by atoms with Gasteiger partial charge in [-0.3, -0.25) is 9.69 Å². The van der Waals surface area contributed by atoms with Gasteiger partial charge in [-0.05, 0) is 44.1 Å². The molecule has 116 valence electrons. The number of likely N-dealkylation sites (tertiary alicyclic amines) is 2. The molecule has 2 heterocycles. The maximum absolute atomic E-state index is 12.3. The lowest BCUT2D eigenvalue weighted by atomic mass is 9.82. The van der Waals surface area contributed by atoms with E-state index in [1.54, 1.807) is 0 Å². The number of hydrogen-bond acceptors (Lipinski definition) is 3. The Balaban J connectivity index is 1.90. The van der Waals surface area contributed by atoms with Gasteiger partial charge >= 0.3 is 0 Å². The molecular weight excluding hydrogens is 250 g/mol. The van der Waals surface area contributed by atoms with Crippen LogP contribution in [0.15, 0.2) is 0 Å². The molecule has 0 saturated carbocycles. The van der Waals surface area contributed by atoms with Gasteiger partial charge in [-0.15, -0.1) is 0 Å². The van der Waals surface area contributed by atoms with Gasteiger partial charge in [0.1, 0.15) is 0 Å². The predicted octanol–water partition coefficient (Wildman–Crippen LogP) is 1.84. The molecule has 1 amide bonds. The van der Waals surface area contributed by atoms with Crippen LogP contribution >= 0.6 is 0 Å². The third kappa shape index (κ3) is 3.34. The zero-order valence-electron chi connectivity index (χ0n) is 13.2. The van der Waals surface area contributed by atoms with Gasteiger partial charge < -0.3 is 10.6 Å². The lowest BCUT2D eigenvalue weighted by Gasteiger charge is -2.31. The Labute approximate surface area is 123 Å². The van der Waals surface area contributed by atoms with Crippen LogP contribution in [-0.4, -0.2) is 54.5 Å². The molecule has 20 heavy (non-hydrogen) atoms. The first-order chi connectivity index (χ1) is 9.64. The molecule has 0 aliphatic carbocycles. The first-order valence-electron chi connectivity index (χ1n) is 8.36. The summed E-state index contributed by atoms with van der Waals surface area (Å²) in [6.45, 7) is 9.31. The molecule has 2 aliphatic rings. The lowest BCUT2D eigenvalue weighted by Crippen LogP contribution is -2.44. The summed E-state index contributed by atoms with van der Waals surface area (Å²) in [7, 11) is 0. The van der Waals surface area contributed by atoms with E-state index in [4.69, 9.17) is 5.73 Å². The Hall–Kier alpha value is -0.610. The van der Waals surface area contributed by atoms with E-state index >= 15 is 0 Å². The Morgan fingerprint density at radius 1 is 1.20 bits per heavy atom. The van der Waals surface area contributed by atoms with Gasteiger partial charge in [-0.2, -0.15) is 0 Å². The molecule has 0 bridgehead atoms. The average molecular weight is 281 g/mol. The van der Waals surface area contributed by atoms with E-state index in [0.29, 0.717) is 24.3 Å². The van der Waals surface area contributed by atoms with Gasteiger partial charge in [0, 0.05) is 38.6 Å². The van der Waals surface area contributed by atoms with Gasteiger partial charge in [0.25, 0.3) is 0 Å². The van der Waals surface area contributed by atoms with Crippen molar-refractivity contribution < 1.29 is 4.79 Å². The summed E-state index contributed by atoms with van der Waals surface area (Å²) in [5.41, 5.74) is 6.42. The van der Waals surface area contributed by atoms with E-state index in [0.717, 1.165) is 39.0 Å². The molecule has 2 aliphatic heterocycles. The fraction of sp³-hybridized carbons (Fsp3) is 0.938. The quantitative estimate of drug-likeness (QED) is 0.808. The highest BCUT2D eigenvalue weighted by atomic mass is 16.2. The largest absolute Gasteiger partial charge is 0.343 e. The molecule has 0 aromatic carbocycles. The summed E-state index contributed by atoms with van der Waals surface area (Å²) >= 11 is 0. The SMILES string of the molecule is CCC1(CC)CCN(C(CN)CC(=O)N2CCCC2)C1. The van der Waals surface area contributed by atoms with Crippen LogP contribution in [0.3, 0.4) is 0 Å². The Morgan fingerprint density at radius 2 is 1.85 bits per heavy atom. The van der Waals surface area contributed by atoms with Crippen LogP contribution in [0.25, 0.3) is 0 Å². The Kier molecular flexibility index (Phi) is 5.44. The summed E-state index contributed by atoms with van der Waals surface area (Å²) in [6.07, 6.45) is 6.66. The molecule has 1 unspecified atom stereocenters. The molecule has 0 aromatic rings. The maximum Gasteiger partial charge on any atom is 0.224 e. The summed E-state index contributed by atoms with van der Waals surface area (Å²) in [4.78, 5) is 16.8. The molecule has 2 saturated heterocycles. The number of carbonyl (C=O) groups excluding carboxylic acids is 1. The Bertz CT molecular complexity index is 322. The van der Waals surface area contributed by atoms with Gasteiger partial charge in [0.05, 0.1) is 0 Å². The van der Waals surface area contributed by atoms with Crippen molar-refractivity contribution >= 4 is 5.91 Å². The topological polar surface area (TPSA) is 49.6 Å². The summed E-state index contributed by atoms with van der Waals surface area (Å²) < 4.78 is 0. The van der Waals surface area contributed by atoms with Crippen molar-refractivity contribution in [1.82, 2.24) is 9.80 Å². The number of rotatable bonds is 6. The van der Waals surface area contributed by atoms with E-state index in [-0.39, 0.29) is 6.04 Å². The summed E-state index contributed by atoms with van der Waals surface area (Å²) in [5, 5.41) is 0. The summed E-state index contributed by atoms with van der Waals surface area (Å²) in [6, 6.07) is 0.239. The van der Waals surface area contributed by atoms with Crippen molar-refractivity contribution in [3.63, 3.8) is 0 Å². The van der Waals surface area contributed by atoms with Crippen molar-refractivity contribution in [2.24, 2.45) is 11.1 Å². The van der Waals surface area contributed by atoms with E-state index < -0.39 is 0 Å². The molecule has 4 heteroatoms. The van der Waals surface area contributed by atoms with Gasteiger partial charge in [0.2, 0.25) is 5.91 Å². The third-order valence-electron chi connectivity index (χ3n) is 5.63. The van der Waals surface area contributed by atoms with E-state index in [1.165, 1.54) is 19.3 Å². The maximum atomic E-state index is 12.3. The smallest absolute Gasteiger partial charge is 0.224 e. The van der Waals surface area contributed by atoms with Crippen LogP contribution in [0.1, 0.15) is 52.4 Å². The highest BCUT2D eigenvalue weighted by Crippen LogP contribution is 2.38. The molecule has 4 nitrogen and oxygen atoms in total. The monoisotopic (exact) mass is 281 g/mol. The Morgan fingerprint density at radius 3 is 2.35 bits per heavy atom. The van der Waals surface area contributed by atoms with Crippen molar-refractivity contribution in [1.29, 1.82) is 0 Å². The normalized spacial score (nSPS) is 24.2. The third-order valence-corrected chi connectivity index (χ3v) is 5.63. The summed E-state index contributed by atoms with van der Waals surface area (Å²) in [5.74, 6) is 0.309. The molecule has 0 radical (unpaired) electrons. The number of amides is 1. The van der Waals surface area contributed by atoms with Crippen LogP contribution in [-0.2, 0) is 4.79 Å². The van der Waals surface area contributed by atoms with Crippen molar-refractivity contribution in [2.45, 2.75) is 58.4 Å². The first-order valence-corrected chi connectivity index (χ1v) is 8.36. The second-order valence-electron chi connectivity index (χ2n) is 6.61. The highest BCUT2D eigenvalue weighted by molar-refractivity contribution is 5.77. The lowest BCUT2D eigenvalue weighted by molar-refractivity contribution is -0.131. The fourth-order valence-corrected chi connectivity index (χ4v) is 3.77. The molecule has 0 spiro atoms. The molecule has 0 aromatic heterocycles. The van der Waals surface area contributed by atoms with Crippen LogP contribution in [0.5, 0.6) is 0 Å².